The number of rotatable bonds is 4. The Morgan fingerprint density at radius 1 is 1.27 bits per heavy atom. The fraction of sp³-hybridized carbons (Fsp3) is 0.647. The van der Waals surface area contributed by atoms with Gasteiger partial charge >= 0.3 is 0 Å². The summed E-state index contributed by atoms with van der Waals surface area (Å²) in [6.45, 7) is 9.84. The first kappa shape index (κ1) is 15.6. The van der Waals surface area contributed by atoms with Crippen molar-refractivity contribution in [3.8, 4) is 5.75 Å². The zero-order valence-electron chi connectivity index (χ0n) is 13.6. The summed E-state index contributed by atoms with van der Waals surface area (Å²) in [7, 11) is 1.60. The number of nitrogens with one attached hydrogen (secondary N) is 1. The topological polar surface area (TPSA) is 27.7 Å². The van der Waals surface area contributed by atoms with Gasteiger partial charge in [0.25, 0.3) is 0 Å². The Labute approximate surface area is 132 Å². The highest BCUT2D eigenvalue weighted by atomic mass is 19.1. The van der Waals surface area contributed by atoms with Gasteiger partial charge in [0.2, 0.25) is 0 Å². The van der Waals surface area contributed by atoms with Gasteiger partial charge in [-0.25, -0.2) is 4.39 Å². The summed E-state index contributed by atoms with van der Waals surface area (Å²) >= 11 is 0. The van der Waals surface area contributed by atoms with E-state index < -0.39 is 0 Å². The van der Waals surface area contributed by atoms with Crippen LogP contribution in [0, 0.1) is 11.2 Å². The summed E-state index contributed by atoms with van der Waals surface area (Å²) in [4.78, 5) is 4.85. The van der Waals surface area contributed by atoms with Crippen LogP contribution in [-0.2, 0) is 0 Å². The van der Waals surface area contributed by atoms with Crippen molar-refractivity contribution in [3.05, 3.63) is 24.0 Å². The molecule has 1 atom stereocenters. The van der Waals surface area contributed by atoms with Gasteiger partial charge in [0.05, 0.1) is 12.8 Å². The standard InChI is InChI=1S/C17H26FN3O/c1-17(5-6-19-12-17)13-20-7-9-21(10-8-20)15-4-3-14(18)11-16(15)22-2/h3-4,11,19H,5-10,12-13H2,1-2H3. The van der Waals surface area contributed by atoms with Crippen LogP contribution in [0.5, 0.6) is 5.75 Å². The van der Waals surface area contributed by atoms with E-state index in [9.17, 15) is 4.39 Å². The van der Waals surface area contributed by atoms with Gasteiger partial charge in [0.1, 0.15) is 11.6 Å². The van der Waals surface area contributed by atoms with Gasteiger partial charge in [-0.1, -0.05) is 6.92 Å². The maximum absolute atomic E-state index is 13.3. The molecule has 3 rings (SSSR count). The number of benzene rings is 1. The molecule has 1 N–H and O–H groups in total. The van der Waals surface area contributed by atoms with Crippen LogP contribution in [0.15, 0.2) is 18.2 Å². The van der Waals surface area contributed by atoms with Crippen molar-refractivity contribution in [1.29, 1.82) is 0 Å². The Hall–Kier alpha value is -1.33. The lowest BCUT2D eigenvalue weighted by molar-refractivity contribution is 0.169. The number of halogens is 1. The maximum atomic E-state index is 13.3. The molecule has 4 nitrogen and oxygen atoms in total. The molecule has 0 saturated carbocycles. The predicted molar refractivity (Wildman–Crippen MR) is 87.2 cm³/mol. The molecule has 122 valence electrons. The van der Waals surface area contributed by atoms with E-state index in [1.54, 1.807) is 7.11 Å². The van der Waals surface area contributed by atoms with E-state index in [2.05, 4.69) is 22.0 Å². The predicted octanol–water partition coefficient (Wildman–Crippen LogP) is 1.96. The van der Waals surface area contributed by atoms with Gasteiger partial charge in [0.15, 0.2) is 0 Å². The lowest BCUT2D eigenvalue weighted by atomic mass is 9.89. The summed E-state index contributed by atoms with van der Waals surface area (Å²) in [5.41, 5.74) is 1.41. The highest BCUT2D eigenvalue weighted by Crippen LogP contribution is 2.31. The van der Waals surface area contributed by atoms with Gasteiger partial charge in [0, 0.05) is 45.3 Å². The second-order valence-electron chi connectivity index (χ2n) is 6.82. The van der Waals surface area contributed by atoms with Crippen LogP contribution >= 0.6 is 0 Å². The molecule has 0 bridgehead atoms. The molecule has 0 spiro atoms. The molecular formula is C17H26FN3O. The summed E-state index contributed by atoms with van der Waals surface area (Å²) in [5, 5.41) is 3.47. The Kier molecular flexibility index (Phi) is 4.54. The molecule has 1 unspecified atom stereocenters. The Morgan fingerprint density at radius 3 is 2.68 bits per heavy atom. The summed E-state index contributed by atoms with van der Waals surface area (Å²) in [6.07, 6.45) is 1.26. The first-order valence-corrected chi connectivity index (χ1v) is 8.11. The number of hydrogen-bond acceptors (Lipinski definition) is 4. The summed E-state index contributed by atoms with van der Waals surface area (Å²) < 4.78 is 18.6. The Bertz CT molecular complexity index is 509. The van der Waals surface area contributed by atoms with Crippen molar-refractivity contribution in [1.82, 2.24) is 10.2 Å². The van der Waals surface area contributed by atoms with Gasteiger partial charge in [-0.15, -0.1) is 0 Å². The Balaban J connectivity index is 1.60. The lowest BCUT2D eigenvalue weighted by Crippen LogP contribution is -2.50. The number of piperazine rings is 1. The fourth-order valence-electron chi connectivity index (χ4n) is 3.60. The quantitative estimate of drug-likeness (QED) is 0.920. The first-order valence-electron chi connectivity index (χ1n) is 8.11. The van der Waals surface area contributed by atoms with Crippen LogP contribution in [-0.4, -0.2) is 57.8 Å². The third kappa shape index (κ3) is 3.36. The van der Waals surface area contributed by atoms with Crippen LogP contribution in [0.1, 0.15) is 13.3 Å². The third-order valence-electron chi connectivity index (χ3n) is 4.92. The molecule has 0 radical (unpaired) electrons. The average Bonchev–Trinajstić information content (AvgIpc) is 2.94. The largest absolute Gasteiger partial charge is 0.494 e. The zero-order chi connectivity index (χ0) is 15.6. The highest BCUT2D eigenvalue weighted by molar-refractivity contribution is 5.58. The molecule has 2 heterocycles. The van der Waals surface area contributed by atoms with Crippen LogP contribution in [0.25, 0.3) is 0 Å². The van der Waals surface area contributed by atoms with Crippen molar-refractivity contribution in [2.45, 2.75) is 13.3 Å². The van der Waals surface area contributed by atoms with Gasteiger partial charge < -0.3 is 15.0 Å². The number of hydrogen-bond donors (Lipinski definition) is 1. The second-order valence-corrected chi connectivity index (χ2v) is 6.82. The monoisotopic (exact) mass is 307 g/mol. The normalized spacial score (nSPS) is 26.4. The number of nitrogens with zero attached hydrogens (tertiary/aromatic N) is 2. The highest BCUT2D eigenvalue weighted by Gasteiger charge is 2.32. The SMILES string of the molecule is COc1cc(F)ccc1N1CCN(CC2(C)CCNC2)CC1. The van der Waals surface area contributed by atoms with Crippen LogP contribution < -0.4 is 15.0 Å². The maximum Gasteiger partial charge on any atom is 0.145 e. The van der Waals surface area contributed by atoms with Gasteiger partial charge in [-0.2, -0.15) is 0 Å². The van der Waals surface area contributed by atoms with Crippen molar-refractivity contribution >= 4 is 5.69 Å². The molecule has 0 aromatic heterocycles. The van der Waals surface area contributed by atoms with E-state index in [1.165, 1.54) is 18.6 Å². The molecule has 2 aliphatic heterocycles. The van der Waals surface area contributed by atoms with Crippen molar-refractivity contribution < 1.29 is 9.13 Å². The number of ether oxygens (including phenoxy) is 1. The number of anilines is 1. The number of methoxy groups -OCH3 is 1. The molecule has 2 fully saturated rings. The molecule has 0 amide bonds. The molecule has 0 aliphatic carbocycles. The van der Waals surface area contributed by atoms with Crippen molar-refractivity contribution in [2.75, 3.05) is 57.8 Å². The second kappa shape index (κ2) is 6.42. The van der Waals surface area contributed by atoms with E-state index in [4.69, 9.17) is 4.74 Å². The van der Waals surface area contributed by atoms with Crippen LogP contribution in [0.2, 0.25) is 0 Å². The van der Waals surface area contributed by atoms with E-state index in [-0.39, 0.29) is 5.82 Å². The molecule has 5 heteroatoms. The molecule has 22 heavy (non-hydrogen) atoms. The van der Waals surface area contributed by atoms with E-state index in [0.29, 0.717) is 11.2 Å². The van der Waals surface area contributed by atoms with Crippen molar-refractivity contribution in [3.63, 3.8) is 0 Å². The molecule has 1 aromatic carbocycles. The molecule has 2 aliphatic rings. The summed E-state index contributed by atoms with van der Waals surface area (Å²) in [5.74, 6) is 0.376. The third-order valence-corrected chi connectivity index (χ3v) is 4.92. The van der Waals surface area contributed by atoms with E-state index >= 15 is 0 Å². The molecule has 2 saturated heterocycles. The van der Waals surface area contributed by atoms with E-state index in [1.807, 2.05) is 6.07 Å². The Morgan fingerprint density at radius 2 is 2.05 bits per heavy atom. The van der Waals surface area contributed by atoms with Crippen LogP contribution in [0.4, 0.5) is 10.1 Å². The molecule has 1 aromatic rings. The minimum absolute atomic E-state index is 0.249. The van der Waals surface area contributed by atoms with Crippen molar-refractivity contribution in [2.24, 2.45) is 5.41 Å². The average molecular weight is 307 g/mol. The smallest absolute Gasteiger partial charge is 0.145 e. The van der Waals surface area contributed by atoms with Crippen LogP contribution in [0.3, 0.4) is 0 Å². The van der Waals surface area contributed by atoms with Gasteiger partial charge in [-0.3, -0.25) is 4.90 Å². The van der Waals surface area contributed by atoms with E-state index in [0.717, 1.165) is 51.5 Å². The fourth-order valence-corrected chi connectivity index (χ4v) is 3.60. The zero-order valence-corrected chi connectivity index (χ0v) is 13.6. The molecular weight excluding hydrogens is 281 g/mol. The minimum Gasteiger partial charge on any atom is -0.494 e. The summed E-state index contributed by atoms with van der Waals surface area (Å²) in [6, 6.07) is 4.80. The minimum atomic E-state index is -0.249. The lowest BCUT2D eigenvalue weighted by Gasteiger charge is -2.39. The van der Waals surface area contributed by atoms with Gasteiger partial charge in [-0.05, 0) is 30.5 Å². The first-order chi connectivity index (χ1) is 10.6.